The van der Waals surface area contributed by atoms with Gasteiger partial charge in [-0.3, -0.25) is 4.99 Å². The van der Waals surface area contributed by atoms with Crippen LogP contribution in [-0.4, -0.2) is 16.7 Å². The van der Waals surface area contributed by atoms with Crippen molar-refractivity contribution in [3.8, 4) is 0 Å². The quantitative estimate of drug-likeness (QED) is 0.781. The summed E-state index contributed by atoms with van der Waals surface area (Å²) in [6.07, 6.45) is 10.7. The van der Waals surface area contributed by atoms with E-state index in [1.54, 1.807) is 0 Å². The molecule has 0 spiro atoms. The highest BCUT2D eigenvalue weighted by molar-refractivity contribution is 5.85. The van der Waals surface area contributed by atoms with E-state index in [0.29, 0.717) is 5.54 Å². The van der Waals surface area contributed by atoms with Gasteiger partial charge < -0.3 is 4.98 Å². The Kier molecular flexibility index (Phi) is 3.48. The number of aryl methyl sites for hydroxylation is 2. The highest BCUT2D eigenvalue weighted by atomic mass is 35.5. The third kappa shape index (κ3) is 2.32. The van der Waals surface area contributed by atoms with Gasteiger partial charge in [0.05, 0.1) is 11.2 Å². The summed E-state index contributed by atoms with van der Waals surface area (Å²) in [6, 6.07) is 2.21. The van der Waals surface area contributed by atoms with Crippen LogP contribution in [0.2, 0.25) is 0 Å². The number of rotatable bonds is 2. The van der Waals surface area contributed by atoms with Gasteiger partial charge in [-0.25, -0.2) is 0 Å². The van der Waals surface area contributed by atoms with Crippen molar-refractivity contribution in [2.24, 2.45) is 22.7 Å². The van der Waals surface area contributed by atoms with Crippen molar-refractivity contribution in [2.75, 3.05) is 0 Å². The Morgan fingerprint density at radius 1 is 1.10 bits per heavy atom. The maximum absolute atomic E-state index is 5.10. The Morgan fingerprint density at radius 2 is 1.65 bits per heavy atom. The number of aromatic amines is 1. The topological polar surface area (TPSA) is 28.1 Å². The van der Waals surface area contributed by atoms with E-state index in [1.807, 2.05) is 0 Å². The molecule has 1 aromatic rings. The predicted octanol–water partition coefficient (Wildman–Crippen LogP) is 4.44. The molecule has 4 aliphatic rings. The molecule has 0 amide bonds. The largest absolute Gasteiger partial charge is 0.358 e. The fourth-order valence-corrected chi connectivity index (χ4v) is 5.31. The van der Waals surface area contributed by atoms with Gasteiger partial charge in [-0.1, -0.05) is 0 Å². The van der Waals surface area contributed by atoms with Crippen LogP contribution in [0.25, 0.3) is 0 Å². The van der Waals surface area contributed by atoms with Crippen molar-refractivity contribution in [2.45, 2.75) is 57.9 Å². The van der Waals surface area contributed by atoms with Crippen LogP contribution in [-0.2, 0) is 0 Å². The molecule has 1 aromatic heterocycles. The van der Waals surface area contributed by atoms with E-state index in [-0.39, 0.29) is 12.4 Å². The lowest BCUT2D eigenvalue weighted by Gasteiger charge is -2.54. The monoisotopic (exact) mass is 292 g/mol. The van der Waals surface area contributed by atoms with Gasteiger partial charge in [0.2, 0.25) is 0 Å². The second kappa shape index (κ2) is 4.91. The fraction of sp³-hybridized carbons (Fsp3) is 0.706. The molecular formula is C17H25ClN2. The molecule has 4 saturated carbocycles. The van der Waals surface area contributed by atoms with Crippen molar-refractivity contribution in [1.29, 1.82) is 0 Å². The summed E-state index contributed by atoms with van der Waals surface area (Å²) in [5.41, 5.74) is 4.09. The van der Waals surface area contributed by atoms with E-state index in [9.17, 15) is 0 Å². The molecule has 1 heterocycles. The molecule has 0 radical (unpaired) electrons. The van der Waals surface area contributed by atoms with Gasteiger partial charge in [-0.15, -0.1) is 12.4 Å². The van der Waals surface area contributed by atoms with Crippen LogP contribution in [0.5, 0.6) is 0 Å². The SMILES string of the molecule is Cc1cc(C)c(C=NC23CC4CC(CC(C4)C2)C3)[nH]1.Cl. The molecule has 4 aliphatic carbocycles. The lowest BCUT2D eigenvalue weighted by molar-refractivity contribution is 0.00194. The Bertz CT molecular complexity index is 494. The summed E-state index contributed by atoms with van der Waals surface area (Å²) in [7, 11) is 0. The first-order chi connectivity index (χ1) is 9.12. The van der Waals surface area contributed by atoms with Gasteiger partial charge in [-0.2, -0.15) is 0 Å². The Hall–Kier alpha value is -0.760. The molecule has 0 saturated heterocycles. The van der Waals surface area contributed by atoms with Gasteiger partial charge in [0, 0.05) is 11.9 Å². The van der Waals surface area contributed by atoms with Gasteiger partial charge in [0.15, 0.2) is 0 Å². The molecular weight excluding hydrogens is 268 g/mol. The highest BCUT2D eigenvalue weighted by Crippen LogP contribution is 2.57. The van der Waals surface area contributed by atoms with Crippen molar-refractivity contribution >= 4 is 18.6 Å². The van der Waals surface area contributed by atoms with Crippen molar-refractivity contribution in [3.63, 3.8) is 0 Å². The smallest absolute Gasteiger partial charge is 0.0617 e. The maximum Gasteiger partial charge on any atom is 0.0617 e. The number of hydrogen-bond acceptors (Lipinski definition) is 1. The maximum atomic E-state index is 5.10. The number of nitrogens with one attached hydrogen (secondary N) is 1. The molecule has 4 bridgehead atoms. The van der Waals surface area contributed by atoms with Gasteiger partial charge in [0.1, 0.15) is 0 Å². The van der Waals surface area contributed by atoms with Crippen LogP contribution < -0.4 is 0 Å². The summed E-state index contributed by atoms with van der Waals surface area (Å²) >= 11 is 0. The first kappa shape index (κ1) is 14.2. The third-order valence-corrected chi connectivity index (χ3v) is 5.66. The second-order valence-electron chi connectivity index (χ2n) is 7.45. The second-order valence-corrected chi connectivity index (χ2v) is 7.45. The van der Waals surface area contributed by atoms with Gasteiger partial charge in [-0.05, 0) is 81.8 Å². The number of H-pyrrole nitrogens is 1. The highest BCUT2D eigenvalue weighted by Gasteiger charge is 2.50. The van der Waals surface area contributed by atoms with Crippen LogP contribution in [0.3, 0.4) is 0 Å². The Morgan fingerprint density at radius 3 is 2.10 bits per heavy atom. The van der Waals surface area contributed by atoms with Crippen LogP contribution in [0.1, 0.15) is 55.5 Å². The minimum atomic E-state index is 0. The molecule has 4 fully saturated rings. The minimum Gasteiger partial charge on any atom is -0.358 e. The summed E-state index contributed by atoms with van der Waals surface area (Å²) in [5, 5.41) is 0. The predicted molar refractivity (Wildman–Crippen MR) is 86.0 cm³/mol. The first-order valence-electron chi connectivity index (χ1n) is 7.83. The standard InChI is InChI=1S/C17H24N2.ClH/c1-11-3-12(2)19-16(11)10-18-17-7-13-4-14(8-17)6-15(5-13)9-17;/h3,10,13-15,19H,4-9H2,1-2H3;1H. The molecule has 1 N–H and O–H groups in total. The first-order valence-corrected chi connectivity index (χ1v) is 7.83. The normalized spacial score (nSPS) is 38.4. The van der Waals surface area contributed by atoms with E-state index < -0.39 is 0 Å². The molecule has 20 heavy (non-hydrogen) atoms. The van der Waals surface area contributed by atoms with Crippen molar-refractivity contribution < 1.29 is 0 Å². The lowest BCUT2D eigenvalue weighted by atomic mass is 9.53. The minimum absolute atomic E-state index is 0. The van der Waals surface area contributed by atoms with Crippen LogP contribution in [0.15, 0.2) is 11.1 Å². The zero-order valence-corrected chi connectivity index (χ0v) is 13.3. The number of aliphatic imine (C=N–C) groups is 1. The van der Waals surface area contributed by atoms with Gasteiger partial charge >= 0.3 is 0 Å². The summed E-state index contributed by atoms with van der Waals surface area (Å²) in [6.45, 7) is 4.29. The summed E-state index contributed by atoms with van der Waals surface area (Å²) in [5.74, 6) is 2.94. The summed E-state index contributed by atoms with van der Waals surface area (Å²) < 4.78 is 0. The van der Waals surface area contributed by atoms with E-state index in [0.717, 1.165) is 17.8 Å². The molecule has 3 heteroatoms. The Balaban J connectivity index is 0.00000121. The molecule has 2 nitrogen and oxygen atoms in total. The number of hydrogen-bond donors (Lipinski definition) is 1. The van der Waals surface area contributed by atoms with E-state index >= 15 is 0 Å². The average Bonchev–Trinajstić information content (AvgIpc) is 2.64. The number of halogens is 1. The van der Waals surface area contributed by atoms with Crippen LogP contribution in [0, 0.1) is 31.6 Å². The molecule has 0 atom stereocenters. The molecule has 0 unspecified atom stereocenters. The lowest BCUT2D eigenvalue weighted by Crippen LogP contribution is -2.49. The zero-order chi connectivity index (χ0) is 13.0. The van der Waals surface area contributed by atoms with Crippen molar-refractivity contribution in [3.05, 3.63) is 23.0 Å². The average molecular weight is 293 g/mol. The van der Waals surface area contributed by atoms with Crippen LogP contribution in [0.4, 0.5) is 0 Å². The van der Waals surface area contributed by atoms with Crippen molar-refractivity contribution in [1.82, 2.24) is 4.98 Å². The van der Waals surface area contributed by atoms with E-state index in [4.69, 9.17) is 4.99 Å². The molecule has 5 rings (SSSR count). The molecule has 110 valence electrons. The third-order valence-electron chi connectivity index (χ3n) is 5.66. The number of nitrogens with zero attached hydrogens (tertiary/aromatic N) is 1. The fourth-order valence-electron chi connectivity index (χ4n) is 5.31. The van der Waals surface area contributed by atoms with E-state index in [1.165, 1.54) is 55.5 Å². The summed E-state index contributed by atoms with van der Waals surface area (Å²) in [4.78, 5) is 8.53. The van der Waals surface area contributed by atoms with E-state index in [2.05, 4.69) is 31.1 Å². The van der Waals surface area contributed by atoms with Gasteiger partial charge in [0.25, 0.3) is 0 Å². The zero-order valence-electron chi connectivity index (χ0n) is 12.5. The molecule has 0 aromatic carbocycles. The molecule has 0 aliphatic heterocycles. The van der Waals surface area contributed by atoms with Crippen LogP contribution >= 0.6 is 12.4 Å². The Labute approximate surface area is 127 Å². The number of aromatic nitrogens is 1.